The lowest BCUT2D eigenvalue weighted by Crippen LogP contribution is -2.36. The van der Waals surface area contributed by atoms with E-state index in [2.05, 4.69) is 15.4 Å². The lowest BCUT2D eigenvalue weighted by molar-refractivity contribution is -0.159. The highest BCUT2D eigenvalue weighted by atomic mass is 16.7. The molecule has 22 heavy (non-hydrogen) atoms. The number of likely N-dealkylation sites (N-methyl/N-ethyl adjacent to an activating group) is 1. The summed E-state index contributed by atoms with van der Waals surface area (Å²) in [6, 6.07) is 0. The molecule has 0 saturated carbocycles. The van der Waals surface area contributed by atoms with E-state index in [1.54, 1.807) is 6.92 Å². The van der Waals surface area contributed by atoms with Crippen molar-refractivity contribution in [3.05, 3.63) is 0 Å². The van der Waals surface area contributed by atoms with Crippen LogP contribution in [0, 0.1) is 0 Å². The van der Waals surface area contributed by atoms with Gasteiger partial charge in [-0.05, 0) is 13.3 Å². The van der Waals surface area contributed by atoms with Gasteiger partial charge in [0.25, 0.3) is 5.91 Å². The number of esters is 1. The molecule has 0 heterocycles. The van der Waals surface area contributed by atoms with Crippen LogP contribution in [-0.2, 0) is 28.6 Å². The molecule has 126 valence electrons. The molecule has 0 aromatic heterocycles. The zero-order chi connectivity index (χ0) is 17.1. The van der Waals surface area contributed by atoms with Crippen LogP contribution in [0.2, 0.25) is 0 Å². The topological polar surface area (TPSA) is 120 Å². The fourth-order valence-corrected chi connectivity index (χ4v) is 1.40. The first-order chi connectivity index (χ1) is 10.3. The van der Waals surface area contributed by atoms with Gasteiger partial charge >= 0.3 is 12.1 Å². The quantitative estimate of drug-likeness (QED) is 0.591. The summed E-state index contributed by atoms with van der Waals surface area (Å²) in [5.41, 5.74) is 0. The lowest BCUT2D eigenvalue weighted by atomic mass is 10.2. The minimum atomic E-state index is -1.10. The zero-order valence-corrected chi connectivity index (χ0v) is 13.1. The highest BCUT2D eigenvalue weighted by Crippen LogP contribution is 2.02. The molecule has 2 atom stereocenters. The normalized spacial score (nSPS) is 12.5. The Bertz CT molecular complexity index is 411. The van der Waals surface area contributed by atoms with E-state index < -0.39 is 36.8 Å². The Morgan fingerprint density at radius 1 is 1.05 bits per heavy atom. The maximum Gasteiger partial charge on any atom is 0.509 e. The number of carbonyl (C=O) groups is 4. The van der Waals surface area contributed by atoms with Crippen molar-refractivity contribution in [2.45, 2.75) is 38.9 Å². The van der Waals surface area contributed by atoms with Crippen molar-refractivity contribution in [1.82, 2.24) is 10.6 Å². The van der Waals surface area contributed by atoms with Gasteiger partial charge in [-0.2, -0.15) is 0 Å². The van der Waals surface area contributed by atoms with Gasteiger partial charge in [-0.25, -0.2) is 9.59 Å². The largest absolute Gasteiger partial charge is 0.509 e. The Balaban J connectivity index is 4.11. The Kier molecular flexibility index (Phi) is 9.31. The Labute approximate surface area is 128 Å². The van der Waals surface area contributed by atoms with Crippen LogP contribution in [0.15, 0.2) is 0 Å². The molecule has 0 rings (SSSR count). The van der Waals surface area contributed by atoms with Crippen LogP contribution in [-0.4, -0.2) is 56.8 Å². The summed E-state index contributed by atoms with van der Waals surface area (Å²) in [5.74, 6) is -1.61. The third kappa shape index (κ3) is 8.08. The lowest BCUT2D eigenvalue weighted by Gasteiger charge is -2.15. The Morgan fingerprint density at radius 2 is 1.68 bits per heavy atom. The van der Waals surface area contributed by atoms with Crippen LogP contribution in [0.5, 0.6) is 0 Å². The minimum Gasteiger partial charge on any atom is -0.450 e. The summed E-state index contributed by atoms with van der Waals surface area (Å²) in [5, 5.41) is 4.73. The number of ether oxygens (including phenoxy) is 3. The van der Waals surface area contributed by atoms with Crippen molar-refractivity contribution in [1.29, 1.82) is 0 Å². The number of hydrogen-bond donors (Lipinski definition) is 2. The molecular weight excluding hydrogens is 296 g/mol. The first-order valence-electron chi connectivity index (χ1n) is 6.79. The fraction of sp³-hybridized carbons (Fsp3) is 0.692. The zero-order valence-electron chi connectivity index (χ0n) is 13.1. The Hall–Kier alpha value is -2.32. The minimum absolute atomic E-state index is 0.0232. The first kappa shape index (κ1) is 19.7. The van der Waals surface area contributed by atoms with Gasteiger partial charge in [0.15, 0.2) is 12.7 Å². The molecule has 0 bridgehead atoms. The van der Waals surface area contributed by atoms with Gasteiger partial charge in [0.2, 0.25) is 5.91 Å². The molecule has 0 aliphatic carbocycles. The number of amides is 2. The van der Waals surface area contributed by atoms with E-state index in [9.17, 15) is 19.2 Å². The summed E-state index contributed by atoms with van der Waals surface area (Å²) < 4.78 is 14.2. The van der Waals surface area contributed by atoms with Crippen molar-refractivity contribution < 1.29 is 33.4 Å². The number of rotatable bonds is 8. The van der Waals surface area contributed by atoms with E-state index in [0.29, 0.717) is 6.42 Å². The summed E-state index contributed by atoms with van der Waals surface area (Å²) in [4.78, 5) is 45.2. The molecule has 0 fully saturated rings. The molecule has 0 saturated heterocycles. The van der Waals surface area contributed by atoms with Crippen molar-refractivity contribution >= 4 is 23.9 Å². The Morgan fingerprint density at radius 3 is 2.18 bits per heavy atom. The average molecular weight is 318 g/mol. The van der Waals surface area contributed by atoms with Gasteiger partial charge in [0.05, 0.1) is 6.42 Å². The monoisotopic (exact) mass is 318 g/mol. The molecule has 0 aliphatic rings. The van der Waals surface area contributed by atoms with E-state index in [0.717, 1.165) is 0 Å². The SMILES string of the molecule is CCC(OC(=O)COC(=O)OC(C)CC(=O)NC)C(=O)NC. The predicted octanol–water partition coefficient (Wildman–Crippen LogP) is -0.268. The summed E-state index contributed by atoms with van der Waals surface area (Å²) in [7, 11) is 2.88. The second-order valence-electron chi connectivity index (χ2n) is 4.35. The van der Waals surface area contributed by atoms with Crippen LogP contribution >= 0.6 is 0 Å². The molecule has 2 unspecified atom stereocenters. The third-order valence-corrected chi connectivity index (χ3v) is 2.54. The summed E-state index contributed by atoms with van der Waals surface area (Å²) >= 11 is 0. The second kappa shape index (κ2) is 10.4. The maximum atomic E-state index is 11.4. The molecule has 2 N–H and O–H groups in total. The highest BCUT2D eigenvalue weighted by molar-refractivity contribution is 5.84. The molecular formula is C13H22N2O7. The third-order valence-electron chi connectivity index (χ3n) is 2.54. The molecule has 0 spiro atoms. The van der Waals surface area contributed by atoms with E-state index in [4.69, 9.17) is 9.47 Å². The van der Waals surface area contributed by atoms with Gasteiger partial charge in [-0.1, -0.05) is 6.92 Å². The first-order valence-corrected chi connectivity index (χ1v) is 6.79. The van der Waals surface area contributed by atoms with Gasteiger partial charge in [-0.3, -0.25) is 9.59 Å². The predicted molar refractivity (Wildman–Crippen MR) is 74.8 cm³/mol. The molecule has 9 nitrogen and oxygen atoms in total. The second-order valence-corrected chi connectivity index (χ2v) is 4.35. The van der Waals surface area contributed by atoms with E-state index in [1.807, 2.05) is 0 Å². The van der Waals surface area contributed by atoms with Crippen LogP contribution in [0.3, 0.4) is 0 Å². The van der Waals surface area contributed by atoms with E-state index in [1.165, 1.54) is 21.0 Å². The van der Waals surface area contributed by atoms with Crippen LogP contribution < -0.4 is 10.6 Å². The van der Waals surface area contributed by atoms with Crippen molar-refractivity contribution in [2.75, 3.05) is 20.7 Å². The molecule has 9 heteroatoms. The molecule has 0 aliphatic heterocycles. The van der Waals surface area contributed by atoms with Gasteiger partial charge in [0.1, 0.15) is 6.10 Å². The number of nitrogens with one attached hydrogen (secondary N) is 2. The van der Waals surface area contributed by atoms with Crippen LogP contribution in [0.1, 0.15) is 26.7 Å². The van der Waals surface area contributed by atoms with Crippen molar-refractivity contribution in [3.63, 3.8) is 0 Å². The maximum absolute atomic E-state index is 11.4. The van der Waals surface area contributed by atoms with E-state index in [-0.39, 0.29) is 12.3 Å². The van der Waals surface area contributed by atoms with Gasteiger partial charge in [-0.15, -0.1) is 0 Å². The number of hydrogen-bond acceptors (Lipinski definition) is 7. The van der Waals surface area contributed by atoms with E-state index >= 15 is 0 Å². The standard InChI is InChI=1S/C13H22N2O7/c1-5-9(12(18)15-4)22-11(17)7-20-13(19)21-8(2)6-10(16)14-3/h8-9H,5-7H2,1-4H3,(H,14,16)(H,15,18). The van der Waals surface area contributed by atoms with Crippen LogP contribution in [0.4, 0.5) is 4.79 Å². The fourth-order valence-electron chi connectivity index (χ4n) is 1.40. The van der Waals surface area contributed by atoms with Crippen molar-refractivity contribution in [3.8, 4) is 0 Å². The van der Waals surface area contributed by atoms with Crippen LogP contribution in [0.25, 0.3) is 0 Å². The smallest absolute Gasteiger partial charge is 0.450 e. The molecule has 0 aromatic carbocycles. The summed E-state index contributed by atoms with van der Waals surface area (Å²) in [6.45, 7) is 2.50. The molecule has 2 amide bonds. The molecule has 0 radical (unpaired) electrons. The highest BCUT2D eigenvalue weighted by Gasteiger charge is 2.21. The van der Waals surface area contributed by atoms with Gasteiger partial charge in [0, 0.05) is 14.1 Å². The summed E-state index contributed by atoms with van der Waals surface area (Å²) in [6.07, 6.45) is -2.47. The number of carbonyl (C=O) groups excluding carboxylic acids is 4. The van der Waals surface area contributed by atoms with Gasteiger partial charge < -0.3 is 24.8 Å². The molecule has 0 aromatic rings. The van der Waals surface area contributed by atoms with Crippen molar-refractivity contribution in [2.24, 2.45) is 0 Å². The average Bonchev–Trinajstić information content (AvgIpc) is 2.49.